The van der Waals surface area contributed by atoms with Crippen LogP contribution in [0.25, 0.3) is 0 Å². The van der Waals surface area contributed by atoms with E-state index in [0.29, 0.717) is 0 Å². The molecule has 0 saturated carbocycles. The van der Waals surface area contributed by atoms with Crippen molar-refractivity contribution in [1.82, 2.24) is 4.72 Å². The second-order valence-corrected chi connectivity index (χ2v) is 4.80. The van der Waals surface area contributed by atoms with Crippen LogP contribution >= 0.6 is 0 Å². The van der Waals surface area contributed by atoms with Gasteiger partial charge >= 0.3 is 7.12 Å². The Hall–Kier alpha value is -0.955. The molecule has 5 nitrogen and oxygen atoms in total. The molecular weight excluding hydrogens is 236 g/mol. The Morgan fingerprint density at radius 3 is 2.56 bits per heavy atom. The predicted octanol–water partition coefficient (Wildman–Crippen LogP) is -1.20. The van der Waals surface area contributed by atoms with Gasteiger partial charge in [-0.15, -0.1) is 0 Å². The zero-order chi connectivity index (χ0) is 12.3. The second kappa shape index (κ2) is 4.92. The molecule has 0 aliphatic carbocycles. The monoisotopic (exact) mass is 247 g/mol. The molecule has 8 heteroatoms. The summed E-state index contributed by atoms with van der Waals surface area (Å²) >= 11 is 0. The van der Waals surface area contributed by atoms with Gasteiger partial charge in [0.1, 0.15) is 10.7 Å². The lowest BCUT2D eigenvalue weighted by atomic mass is 9.80. The van der Waals surface area contributed by atoms with Gasteiger partial charge in [-0.2, -0.15) is 0 Å². The molecule has 0 amide bonds. The van der Waals surface area contributed by atoms with Gasteiger partial charge in [0.05, 0.1) is 0 Å². The summed E-state index contributed by atoms with van der Waals surface area (Å²) in [4.78, 5) is -0.597. The molecule has 0 heterocycles. The van der Waals surface area contributed by atoms with E-state index < -0.39 is 27.9 Å². The van der Waals surface area contributed by atoms with Crippen molar-refractivity contribution in [2.45, 2.75) is 11.8 Å². The van der Waals surface area contributed by atoms with Crippen molar-refractivity contribution >= 4 is 22.6 Å². The maximum atomic E-state index is 13.3. The summed E-state index contributed by atoms with van der Waals surface area (Å²) in [6, 6.07) is 2.86. The lowest BCUT2D eigenvalue weighted by Crippen LogP contribution is -2.32. The van der Waals surface area contributed by atoms with E-state index in [0.717, 1.165) is 18.2 Å². The molecule has 1 aromatic rings. The molecule has 16 heavy (non-hydrogen) atoms. The van der Waals surface area contributed by atoms with Crippen LogP contribution in [0.4, 0.5) is 4.39 Å². The number of nitrogens with one attached hydrogen (secondary N) is 1. The average Bonchev–Trinajstić information content (AvgIpc) is 2.17. The highest BCUT2D eigenvalue weighted by molar-refractivity contribution is 7.89. The Labute approximate surface area is 93.1 Å². The number of hydrogen-bond acceptors (Lipinski definition) is 4. The zero-order valence-corrected chi connectivity index (χ0v) is 9.33. The Morgan fingerprint density at radius 2 is 2.06 bits per heavy atom. The van der Waals surface area contributed by atoms with Gasteiger partial charge in [-0.1, -0.05) is 13.0 Å². The molecule has 3 N–H and O–H groups in total. The van der Waals surface area contributed by atoms with Crippen LogP contribution < -0.4 is 10.2 Å². The first-order chi connectivity index (χ1) is 7.38. The maximum absolute atomic E-state index is 13.3. The van der Waals surface area contributed by atoms with Gasteiger partial charge in [-0.25, -0.2) is 17.5 Å². The van der Waals surface area contributed by atoms with Crippen LogP contribution in [0, 0.1) is 5.82 Å². The first-order valence-corrected chi connectivity index (χ1v) is 6.02. The molecule has 1 rings (SSSR count). The molecule has 0 unspecified atom stereocenters. The summed E-state index contributed by atoms with van der Waals surface area (Å²) < 4.78 is 38.4. The summed E-state index contributed by atoms with van der Waals surface area (Å²) in [5, 5.41) is 17.7. The number of halogens is 1. The van der Waals surface area contributed by atoms with Crippen molar-refractivity contribution in [2.24, 2.45) is 0 Å². The summed E-state index contributed by atoms with van der Waals surface area (Å²) in [5.74, 6) is -0.939. The average molecular weight is 247 g/mol. The molecule has 0 aromatic heterocycles. The minimum Gasteiger partial charge on any atom is -0.423 e. The van der Waals surface area contributed by atoms with Gasteiger partial charge in [0.25, 0.3) is 0 Å². The van der Waals surface area contributed by atoms with Gasteiger partial charge in [0.2, 0.25) is 10.0 Å². The largest absolute Gasteiger partial charge is 0.488 e. The highest BCUT2D eigenvalue weighted by Crippen LogP contribution is 2.12. The van der Waals surface area contributed by atoms with Crippen LogP contribution in [0.2, 0.25) is 0 Å². The molecule has 0 fully saturated rings. The third kappa shape index (κ3) is 2.79. The van der Waals surface area contributed by atoms with Crippen LogP contribution in [-0.2, 0) is 10.0 Å². The third-order valence-corrected chi connectivity index (χ3v) is 3.44. The first kappa shape index (κ1) is 13.1. The van der Waals surface area contributed by atoms with Crippen molar-refractivity contribution in [1.29, 1.82) is 0 Å². The Morgan fingerprint density at radius 1 is 1.44 bits per heavy atom. The molecule has 0 atom stereocenters. The van der Waals surface area contributed by atoms with E-state index in [1.165, 1.54) is 0 Å². The Bertz CT molecular complexity index is 477. The summed E-state index contributed by atoms with van der Waals surface area (Å²) in [6.45, 7) is 1.67. The normalized spacial score (nSPS) is 11.5. The molecule has 0 radical (unpaired) electrons. The van der Waals surface area contributed by atoms with Crippen molar-refractivity contribution in [3.8, 4) is 0 Å². The fraction of sp³-hybridized carbons (Fsp3) is 0.250. The van der Waals surface area contributed by atoms with E-state index in [1.54, 1.807) is 6.92 Å². The van der Waals surface area contributed by atoms with E-state index in [-0.39, 0.29) is 12.0 Å². The zero-order valence-electron chi connectivity index (χ0n) is 8.51. The van der Waals surface area contributed by atoms with Gasteiger partial charge in [-0.05, 0) is 17.6 Å². The number of rotatable bonds is 4. The molecular formula is C8H11BFNO4S. The Kier molecular flexibility index (Phi) is 4.03. The van der Waals surface area contributed by atoms with Gasteiger partial charge in [0, 0.05) is 6.54 Å². The highest BCUT2D eigenvalue weighted by Gasteiger charge is 2.21. The minimum absolute atomic E-state index is 0.0853. The molecule has 0 aliphatic rings. The number of benzene rings is 1. The lowest BCUT2D eigenvalue weighted by Gasteiger charge is -2.07. The van der Waals surface area contributed by atoms with Crippen molar-refractivity contribution in [2.75, 3.05) is 6.54 Å². The molecule has 0 saturated heterocycles. The quantitative estimate of drug-likeness (QED) is 0.583. The fourth-order valence-corrected chi connectivity index (χ4v) is 2.31. The summed E-state index contributed by atoms with van der Waals surface area (Å²) in [6.07, 6.45) is 0. The summed E-state index contributed by atoms with van der Waals surface area (Å²) in [5.41, 5.74) is -0.0853. The van der Waals surface area contributed by atoms with E-state index in [9.17, 15) is 12.8 Å². The molecule has 0 aliphatic heterocycles. The van der Waals surface area contributed by atoms with Crippen LogP contribution in [-0.4, -0.2) is 32.1 Å². The summed E-state index contributed by atoms with van der Waals surface area (Å²) in [7, 11) is -5.78. The number of hydrogen-bond donors (Lipinski definition) is 3. The molecule has 0 spiro atoms. The molecule has 0 bridgehead atoms. The Balaban J connectivity index is 3.27. The maximum Gasteiger partial charge on any atom is 0.488 e. The van der Waals surface area contributed by atoms with Crippen LogP contribution in [0.5, 0.6) is 0 Å². The first-order valence-electron chi connectivity index (χ1n) is 4.53. The SMILES string of the molecule is CCNS(=O)(=O)c1cc(B(O)O)ccc1F. The van der Waals surface area contributed by atoms with Crippen LogP contribution in [0.3, 0.4) is 0 Å². The fourth-order valence-electron chi connectivity index (χ4n) is 1.15. The smallest absolute Gasteiger partial charge is 0.423 e. The van der Waals surface area contributed by atoms with E-state index in [4.69, 9.17) is 10.0 Å². The van der Waals surface area contributed by atoms with E-state index in [1.807, 2.05) is 0 Å². The van der Waals surface area contributed by atoms with Gasteiger partial charge in [0.15, 0.2) is 0 Å². The minimum atomic E-state index is -3.94. The lowest BCUT2D eigenvalue weighted by molar-refractivity contribution is 0.425. The molecule has 88 valence electrons. The van der Waals surface area contributed by atoms with E-state index in [2.05, 4.69) is 4.72 Å². The second-order valence-electron chi connectivity index (χ2n) is 3.06. The standard InChI is InChI=1S/C8H11BFNO4S/c1-2-11-16(14,15)8-5-6(9(12)13)3-4-7(8)10/h3-5,11-13H,2H2,1H3. The van der Waals surface area contributed by atoms with Crippen molar-refractivity contribution in [3.05, 3.63) is 24.0 Å². The highest BCUT2D eigenvalue weighted by atomic mass is 32.2. The number of sulfonamides is 1. The van der Waals surface area contributed by atoms with Crippen molar-refractivity contribution in [3.63, 3.8) is 0 Å². The molecule has 1 aromatic carbocycles. The predicted molar refractivity (Wildman–Crippen MR) is 57.1 cm³/mol. The van der Waals surface area contributed by atoms with Crippen molar-refractivity contribution < 1.29 is 22.9 Å². The third-order valence-electron chi connectivity index (χ3n) is 1.88. The van der Waals surface area contributed by atoms with Gasteiger partial charge < -0.3 is 10.0 Å². The van der Waals surface area contributed by atoms with Crippen LogP contribution in [0.1, 0.15) is 6.92 Å². The van der Waals surface area contributed by atoms with E-state index >= 15 is 0 Å². The van der Waals surface area contributed by atoms with Gasteiger partial charge in [-0.3, -0.25) is 0 Å². The van der Waals surface area contributed by atoms with Crippen LogP contribution in [0.15, 0.2) is 23.1 Å². The topological polar surface area (TPSA) is 86.6 Å².